The summed E-state index contributed by atoms with van der Waals surface area (Å²) in [7, 11) is 1.41. The van der Waals surface area contributed by atoms with Gasteiger partial charge in [-0.25, -0.2) is 0 Å². The molecule has 0 unspecified atom stereocenters. The molecule has 1 aliphatic rings. The van der Waals surface area contributed by atoms with E-state index in [4.69, 9.17) is 17.0 Å². The van der Waals surface area contributed by atoms with E-state index in [1.54, 1.807) is 12.4 Å². The van der Waals surface area contributed by atoms with Crippen molar-refractivity contribution in [1.82, 2.24) is 24.8 Å². The van der Waals surface area contributed by atoms with Crippen molar-refractivity contribution in [2.45, 2.75) is 38.8 Å². The van der Waals surface area contributed by atoms with Gasteiger partial charge in [-0.05, 0) is 68.4 Å². The van der Waals surface area contributed by atoms with Crippen molar-refractivity contribution in [3.05, 3.63) is 77.6 Å². The van der Waals surface area contributed by atoms with Crippen molar-refractivity contribution in [3.63, 3.8) is 0 Å². The number of nitrogens with one attached hydrogen (secondary N) is 1. The fourth-order valence-electron chi connectivity index (χ4n) is 4.45. The van der Waals surface area contributed by atoms with E-state index < -0.39 is 0 Å². The van der Waals surface area contributed by atoms with Crippen molar-refractivity contribution >= 4 is 23.3 Å². The summed E-state index contributed by atoms with van der Waals surface area (Å²) >= 11 is 5.73. The molecule has 1 N–H and O–H groups in total. The number of aryl methyl sites for hydroxylation is 1. The predicted molar refractivity (Wildman–Crippen MR) is 126 cm³/mol. The molecule has 7 nitrogen and oxygen atoms in total. The Kier molecular flexibility index (Phi) is 6.50. The molecule has 32 heavy (non-hydrogen) atoms. The van der Waals surface area contributed by atoms with Gasteiger partial charge in [0.05, 0.1) is 36.8 Å². The molecule has 0 bridgehead atoms. The van der Waals surface area contributed by atoms with Crippen LogP contribution in [0.1, 0.15) is 47.6 Å². The van der Waals surface area contributed by atoms with E-state index in [9.17, 15) is 4.79 Å². The SMILES string of the molecule is COC(=O)CCCN1C(=S)N[C@@H](c2ccccn2)[C@H]1c1cc(C)n(-c2cccnc2)c1C. The maximum absolute atomic E-state index is 11.7. The van der Waals surface area contributed by atoms with Gasteiger partial charge in [0.1, 0.15) is 0 Å². The first kappa shape index (κ1) is 22.0. The Balaban J connectivity index is 1.74. The molecule has 1 aliphatic heterocycles. The van der Waals surface area contributed by atoms with Gasteiger partial charge in [-0.3, -0.25) is 14.8 Å². The summed E-state index contributed by atoms with van der Waals surface area (Å²) < 4.78 is 7.02. The summed E-state index contributed by atoms with van der Waals surface area (Å²) in [5, 5.41) is 4.14. The molecule has 0 spiro atoms. The highest BCUT2D eigenvalue weighted by Crippen LogP contribution is 2.41. The van der Waals surface area contributed by atoms with Crippen molar-refractivity contribution in [2.75, 3.05) is 13.7 Å². The summed E-state index contributed by atoms with van der Waals surface area (Å²) in [6, 6.07) is 12.0. The first-order valence-corrected chi connectivity index (χ1v) is 11.1. The average molecular weight is 450 g/mol. The van der Waals surface area contributed by atoms with Crippen LogP contribution in [0, 0.1) is 13.8 Å². The van der Waals surface area contributed by atoms with E-state index >= 15 is 0 Å². The maximum atomic E-state index is 11.7. The Bertz CT molecular complexity index is 1100. The lowest BCUT2D eigenvalue weighted by Crippen LogP contribution is -2.31. The monoisotopic (exact) mass is 449 g/mol. The van der Waals surface area contributed by atoms with Gasteiger partial charge in [0.15, 0.2) is 5.11 Å². The highest BCUT2D eigenvalue weighted by Gasteiger charge is 2.41. The van der Waals surface area contributed by atoms with Crippen LogP contribution in [0.2, 0.25) is 0 Å². The van der Waals surface area contributed by atoms with Gasteiger partial charge in [-0.15, -0.1) is 0 Å². The summed E-state index contributed by atoms with van der Waals surface area (Å²) in [6.45, 7) is 4.87. The number of ether oxygens (including phenoxy) is 1. The molecular weight excluding hydrogens is 422 g/mol. The third-order valence-corrected chi connectivity index (χ3v) is 6.25. The molecule has 0 amide bonds. The minimum atomic E-state index is -0.212. The molecule has 0 aromatic carbocycles. The van der Waals surface area contributed by atoms with Crippen molar-refractivity contribution < 1.29 is 9.53 Å². The van der Waals surface area contributed by atoms with Crippen LogP contribution in [-0.4, -0.2) is 44.2 Å². The lowest BCUT2D eigenvalue weighted by Gasteiger charge is -2.28. The van der Waals surface area contributed by atoms with Crippen LogP contribution in [0.15, 0.2) is 55.0 Å². The van der Waals surface area contributed by atoms with E-state index in [1.165, 1.54) is 12.7 Å². The molecule has 8 heteroatoms. The first-order chi connectivity index (χ1) is 15.5. The lowest BCUT2D eigenvalue weighted by atomic mass is 9.96. The molecule has 0 radical (unpaired) electrons. The number of methoxy groups -OCH3 is 1. The van der Waals surface area contributed by atoms with E-state index in [0.29, 0.717) is 24.5 Å². The topological polar surface area (TPSA) is 72.3 Å². The highest BCUT2D eigenvalue weighted by molar-refractivity contribution is 7.80. The zero-order valence-corrected chi connectivity index (χ0v) is 19.3. The Hall–Kier alpha value is -3.26. The molecule has 3 aromatic rings. The summed E-state index contributed by atoms with van der Waals surface area (Å²) in [5.74, 6) is -0.212. The van der Waals surface area contributed by atoms with Gasteiger partial charge < -0.3 is 19.5 Å². The number of pyridine rings is 2. The number of rotatable bonds is 7. The largest absolute Gasteiger partial charge is 0.469 e. The van der Waals surface area contributed by atoms with E-state index in [0.717, 1.165) is 22.8 Å². The molecule has 1 fully saturated rings. The molecule has 0 aliphatic carbocycles. The number of carbonyl (C=O) groups excluding carboxylic acids is 1. The minimum absolute atomic E-state index is 0.0494. The van der Waals surface area contributed by atoms with Gasteiger partial charge >= 0.3 is 5.97 Å². The number of thiocarbonyl (C=S) groups is 1. The second-order valence-corrected chi connectivity index (χ2v) is 8.26. The van der Waals surface area contributed by atoms with Crippen LogP contribution in [0.4, 0.5) is 0 Å². The molecule has 2 atom stereocenters. The Morgan fingerprint density at radius 3 is 2.75 bits per heavy atom. The molecule has 166 valence electrons. The standard InChI is InChI=1S/C24H27N5O2S/c1-16-14-19(17(2)29(16)18-8-6-11-25-15-18)23-22(20-9-4-5-12-26-20)27-24(32)28(23)13-7-10-21(30)31-3/h4-6,8-9,11-12,14-15,22-23H,7,10,13H2,1-3H3,(H,27,32)/t22-,23+/m0/s1. The Morgan fingerprint density at radius 1 is 1.22 bits per heavy atom. The number of hydrogen-bond donors (Lipinski definition) is 1. The second kappa shape index (κ2) is 9.48. The summed E-state index contributed by atoms with van der Waals surface area (Å²) in [5.41, 5.74) is 5.38. The fraction of sp³-hybridized carbons (Fsp3) is 0.333. The Morgan fingerprint density at radius 2 is 2.06 bits per heavy atom. The Labute approximate surface area is 193 Å². The molecular formula is C24H27N5O2S. The zero-order valence-electron chi connectivity index (χ0n) is 18.5. The second-order valence-electron chi connectivity index (χ2n) is 7.87. The quantitative estimate of drug-likeness (QED) is 0.434. The van der Waals surface area contributed by atoms with Gasteiger partial charge in [0, 0.05) is 36.7 Å². The maximum Gasteiger partial charge on any atom is 0.305 e. The smallest absolute Gasteiger partial charge is 0.305 e. The third kappa shape index (κ3) is 4.23. The van der Waals surface area contributed by atoms with Crippen molar-refractivity contribution in [1.29, 1.82) is 0 Å². The summed E-state index contributed by atoms with van der Waals surface area (Å²) in [6.07, 6.45) is 6.45. The van der Waals surface area contributed by atoms with E-state index in [1.807, 2.05) is 30.5 Å². The predicted octanol–water partition coefficient (Wildman–Crippen LogP) is 3.81. The van der Waals surface area contributed by atoms with Gasteiger partial charge in [0.25, 0.3) is 0 Å². The van der Waals surface area contributed by atoms with Gasteiger partial charge in [-0.2, -0.15) is 0 Å². The molecule has 3 aromatic heterocycles. The highest BCUT2D eigenvalue weighted by atomic mass is 32.1. The molecule has 1 saturated heterocycles. The lowest BCUT2D eigenvalue weighted by molar-refractivity contribution is -0.140. The first-order valence-electron chi connectivity index (χ1n) is 10.7. The van der Waals surface area contributed by atoms with E-state index in [-0.39, 0.29) is 18.1 Å². The number of esters is 1. The van der Waals surface area contributed by atoms with Crippen LogP contribution in [-0.2, 0) is 9.53 Å². The third-order valence-electron chi connectivity index (χ3n) is 5.90. The summed E-state index contributed by atoms with van der Waals surface area (Å²) in [4.78, 5) is 22.7. The van der Waals surface area contributed by atoms with Gasteiger partial charge in [-0.1, -0.05) is 6.07 Å². The minimum Gasteiger partial charge on any atom is -0.469 e. The molecule has 0 saturated carbocycles. The number of aromatic nitrogens is 3. The van der Waals surface area contributed by atoms with Crippen LogP contribution >= 0.6 is 12.2 Å². The van der Waals surface area contributed by atoms with Crippen molar-refractivity contribution in [3.8, 4) is 5.69 Å². The average Bonchev–Trinajstić information content (AvgIpc) is 3.29. The molecule has 4 rings (SSSR count). The van der Waals surface area contributed by atoms with Gasteiger partial charge in [0.2, 0.25) is 0 Å². The fourth-order valence-corrected chi connectivity index (χ4v) is 4.78. The number of nitrogens with zero attached hydrogens (tertiary/aromatic N) is 4. The number of hydrogen-bond acceptors (Lipinski definition) is 5. The van der Waals surface area contributed by atoms with Crippen LogP contribution in [0.25, 0.3) is 5.69 Å². The van der Waals surface area contributed by atoms with Crippen molar-refractivity contribution in [2.24, 2.45) is 0 Å². The van der Waals surface area contributed by atoms with Crippen LogP contribution in [0.3, 0.4) is 0 Å². The number of carbonyl (C=O) groups is 1. The zero-order chi connectivity index (χ0) is 22.7. The van der Waals surface area contributed by atoms with Crippen LogP contribution in [0.5, 0.6) is 0 Å². The normalized spacial score (nSPS) is 18.0. The van der Waals surface area contributed by atoms with Crippen LogP contribution < -0.4 is 5.32 Å². The van der Waals surface area contributed by atoms with E-state index in [2.05, 4.69) is 50.7 Å². The molecule has 4 heterocycles.